The molecule has 22 heavy (non-hydrogen) atoms. The molecule has 1 saturated heterocycles. The topological polar surface area (TPSA) is 52.6 Å². The Kier molecular flexibility index (Phi) is 4.32. The Morgan fingerprint density at radius 2 is 1.86 bits per heavy atom. The van der Waals surface area contributed by atoms with Crippen molar-refractivity contribution in [1.82, 2.24) is 10.2 Å². The van der Waals surface area contributed by atoms with Gasteiger partial charge in [-0.1, -0.05) is 30.5 Å². The molecule has 0 radical (unpaired) electrons. The molecule has 0 spiro atoms. The van der Waals surface area contributed by atoms with Crippen LogP contribution in [0.4, 0.5) is 10.5 Å². The second-order valence-corrected chi connectivity index (χ2v) is 6.24. The minimum Gasteiger partial charge on any atom is -0.352 e. The Hall–Kier alpha value is -2.04. The number of nitrogens with one attached hydrogen (secondary N) is 1. The lowest BCUT2D eigenvalue weighted by atomic mass is 10.2. The Balaban J connectivity index is 1.56. The van der Waals surface area contributed by atoms with Crippen molar-refractivity contribution in [1.29, 1.82) is 0 Å². The lowest BCUT2D eigenvalue weighted by Gasteiger charge is -2.19. The number of hydrogen-bond donors (Lipinski definition) is 1. The molecular weight excluding hydrogens is 278 g/mol. The van der Waals surface area contributed by atoms with Crippen LogP contribution in [-0.4, -0.2) is 42.5 Å². The summed E-state index contributed by atoms with van der Waals surface area (Å²) in [5.74, 6) is -0.0361. The van der Waals surface area contributed by atoms with Crippen LogP contribution in [0.1, 0.15) is 31.2 Å². The molecule has 1 aromatic rings. The molecule has 1 aliphatic carbocycles. The first-order valence-corrected chi connectivity index (χ1v) is 8.06. The predicted octanol–water partition coefficient (Wildman–Crippen LogP) is 2.30. The lowest BCUT2D eigenvalue weighted by molar-refractivity contribution is -0.122. The van der Waals surface area contributed by atoms with Gasteiger partial charge < -0.3 is 10.2 Å². The van der Waals surface area contributed by atoms with Gasteiger partial charge in [-0.25, -0.2) is 4.79 Å². The second-order valence-electron chi connectivity index (χ2n) is 6.24. The van der Waals surface area contributed by atoms with Crippen LogP contribution in [0.2, 0.25) is 0 Å². The SMILES string of the molecule is Cc1ccc(N2CCN(CC(=O)NC3CCCC3)C2=O)cc1. The van der Waals surface area contributed by atoms with E-state index >= 15 is 0 Å². The number of rotatable bonds is 4. The van der Waals surface area contributed by atoms with Crippen molar-refractivity contribution in [3.63, 3.8) is 0 Å². The third kappa shape index (κ3) is 3.24. The maximum absolute atomic E-state index is 12.4. The molecule has 3 amide bonds. The summed E-state index contributed by atoms with van der Waals surface area (Å²) in [6, 6.07) is 8.13. The molecule has 2 aliphatic rings. The lowest BCUT2D eigenvalue weighted by Crippen LogP contribution is -2.42. The van der Waals surface area contributed by atoms with Crippen LogP contribution in [0, 0.1) is 6.92 Å². The highest BCUT2D eigenvalue weighted by Crippen LogP contribution is 2.21. The number of urea groups is 1. The van der Waals surface area contributed by atoms with Gasteiger partial charge in [0.15, 0.2) is 0 Å². The van der Waals surface area contributed by atoms with Crippen LogP contribution in [0.3, 0.4) is 0 Å². The minimum atomic E-state index is -0.0783. The second kappa shape index (κ2) is 6.38. The molecule has 1 heterocycles. The van der Waals surface area contributed by atoms with Crippen LogP contribution in [-0.2, 0) is 4.79 Å². The number of anilines is 1. The first-order chi connectivity index (χ1) is 10.6. The summed E-state index contributed by atoms with van der Waals surface area (Å²) in [4.78, 5) is 27.9. The molecule has 1 aliphatic heterocycles. The normalized spacial score (nSPS) is 19.0. The highest BCUT2D eigenvalue weighted by molar-refractivity contribution is 5.96. The van der Waals surface area contributed by atoms with E-state index in [1.807, 2.05) is 31.2 Å². The van der Waals surface area contributed by atoms with E-state index in [1.54, 1.807) is 9.80 Å². The number of carbonyl (C=O) groups excluding carboxylic acids is 2. The number of aryl methyl sites for hydroxylation is 1. The molecule has 1 N–H and O–H groups in total. The highest BCUT2D eigenvalue weighted by Gasteiger charge is 2.31. The summed E-state index contributed by atoms with van der Waals surface area (Å²) in [5, 5.41) is 3.04. The quantitative estimate of drug-likeness (QED) is 0.927. The van der Waals surface area contributed by atoms with Crippen LogP contribution >= 0.6 is 0 Å². The average Bonchev–Trinajstić information content (AvgIpc) is 3.11. The van der Waals surface area contributed by atoms with Gasteiger partial charge in [0.05, 0.1) is 0 Å². The van der Waals surface area contributed by atoms with E-state index in [1.165, 1.54) is 18.4 Å². The van der Waals surface area contributed by atoms with Crippen molar-refractivity contribution in [2.45, 2.75) is 38.6 Å². The van der Waals surface area contributed by atoms with Crippen molar-refractivity contribution < 1.29 is 9.59 Å². The fraction of sp³-hybridized carbons (Fsp3) is 0.529. The van der Waals surface area contributed by atoms with Gasteiger partial charge in [-0.3, -0.25) is 9.69 Å². The zero-order valence-corrected chi connectivity index (χ0v) is 13.0. The third-order valence-corrected chi connectivity index (χ3v) is 4.50. The Morgan fingerprint density at radius 3 is 2.55 bits per heavy atom. The van der Waals surface area contributed by atoms with E-state index in [-0.39, 0.29) is 18.5 Å². The van der Waals surface area contributed by atoms with Gasteiger partial charge in [-0.2, -0.15) is 0 Å². The molecule has 1 saturated carbocycles. The zero-order chi connectivity index (χ0) is 15.5. The summed E-state index contributed by atoms with van der Waals surface area (Å²) in [5.41, 5.74) is 2.07. The fourth-order valence-electron chi connectivity index (χ4n) is 3.21. The Labute approximate surface area is 131 Å². The molecule has 0 aromatic heterocycles. The Morgan fingerprint density at radius 1 is 1.18 bits per heavy atom. The third-order valence-electron chi connectivity index (χ3n) is 4.50. The van der Waals surface area contributed by atoms with Gasteiger partial charge in [-0.05, 0) is 31.9 Å². The summed E-state index contributed by atoms with van der Waals surface area (Å²) in [6.45, 7) is 3.43. The van der Waals surface area contributed by atoms with E-state index < -0.39 is 0 Å². The molecule has 5 nitrogen and oxygen atoms in total. The molecule has 5 heteroatoms. The number of nitrogens with zero attached hydrogens (tertiary/aromatic N) is 2. The van der Waals surface area contributed by atoms with Crippen LogP contribution in [0.25, 0.3) is 0 Å². The van der Waals surface area contributed by atoms with Gasteiger partial charge in [0.1, 0.15) is 6.54 Å². The molecule has 1 aromatic carbocycles. The van der Waals surface area contributed by atoms with E-state index in [0.717, 1.165) is 18.5 Å². The summed E-state index contributed by atoms with van der Waals surface area (Å²) in [7, 11) is 0. The largest absolute Gasteiger partial charge is 0.352 e. The average molecular weight is 301 g/mol. The van der Waals surface area contributed by atoms with Crippen molar-refractivity contribution in [2.75, 3.05) is 24.5 Å². The molecule has 0 atom stereocenters. The molecule has 0 bridgehead atoms. The maximum Gasteiger partial charge on any atom is 0.325 e. The summed E-state index contributed by atoms with van der Waals surface area (Å²) < 4.78 is 0. The van der Waals surface area contributed by atoms with Gasteiger partial charge in [0.2, 0.25) is 5.91 Å². The fourth-order valence-corrected chi connectivity index (χ4v) is 3.21. The van der Waals surface area contributed by atoms with E-state index in [2.05, 4.69) is 5.32 Å². The maximum atomic E-state index is 12.4. The first kappa shape index (κ1) is 14.9. The van der Waals surface area contributed by atoms with Crippen molar-refractivity contribution in [2.24, 2.45) is 0 Å². The molecule has 2 fully saturated rings. The van der Waals surface area contributed by atoms with Crippen LogP contribution in [0.5, 0.6) is 0 Å². The number of carbonyl (C=O) groups is 2. The Bertz CT molecular complexity index is 550. The van der Waals surface area contributed by atoms with Gasteiger partial charge in [0, 0.05) is 24.8 Å². The van der Waals surface area contributed by atoms with Crippen molar-refractivity contribution in [3.8, 4) is 0 Å². The molecule has 3 rings (SSSR count). The van der Waals surface area contributed by atoms with Gasteiger partial charge >= 0.3 is 6.03 Å². The molecule has 118 valence electrons. The molecular formula is C17H23N3O2. The molecule has 0 unspecified atom stereocenters. The smallest absolute Gasteiger partial charge is 0.325 e. The summed E-state index contributed by atoms with van der Waals surface area (Å²) >= 11 is 0. The van der Waals surface area contributed by atoms with Gasteiger partial charge in [0.25, 0.3) is 0 Å². The van der Waals surface area contributed by atoms with E-state index in [4.69, 9.17) is 0 Å². The monoisotopic (exact) mass is 301 g/mol. The zero-order valence-electron chi connectivity index (χ0n) is 13.0. The van der Waals surface area contributed by atoms with Crippen LogP contribution < -0.4 is 10.2 Å². The summed E-state index contributed by atoms with van der Waals surface area (Å²) in [6.07, 6.45) is 4.51. The van der Waals surface area contributed by atoms with Crippen LogP contribution in [0.15, 0.2) is 24.3 Å². The first-order valence-electron chi connectivity index (χ1n) is 8.06. The minimum absolute atomic E-state index is 0.0361. The highest BCUT2D eigenvalue weighted by atomic mass is 16.2. The number of hydrogen-bond acceptors (Lipinski definition) is 2. The van der Waals surface area contributed by atoms with E-state index in [9.17, 15) is 9.59 Å². The van der Waals surface area contributed by atoms with Gasteiger partial charge in [-0.15, -0.1) is 0 Å². The van der Waals surface area contributed by atoms with Crippen molar-refractivity contribution in [3.05, 3.63) is 29.8 Å². The number of amides is 3. The predicted molar refractivity (Wildman–Crippen MR) is 85.9 cm³/mol. The number of benzene rings is 1. The van der Waals surface area contributed by atoms with E-state index in [0.29, 0.717) is 19.1 Å². The standard InChI is InChI=1S/C17H23N3O2/c1-13-6-8-15(9-7-13)20-11-10-19(17(20)22)12-16(21)18-14-4-2-3-5-14/h6-9,14H,2-5,10-12H2,1H3,(H,18,21). The van der Waals surface area contributed by atoms with Crippen molar-refractivity contribution >= 4 is 17.6 Å².